The first-order valence-electron chi connectivity index (χ1n) is 38.8. The van der Waals surface area contributed by atoms with E-state index >= 15 is 0 Å². The van der Waals surface area contributed by atoms with E-state index in [0.717, 1.165) is 4.90 Å². The van der Waals surface area contributed by atoms with Crippen molar-refractivity contribution in [1.82, 2.24) is 84.0 Å². The number of likely N-dealkylation sites (tertiary alicyclic amines) is 1. The third kappa shape index (κ3) is 35.0. The SMILES string of the molecule is CC(C)C[C@H](NC(=O)[C@H](CC(C)C)NC(=O)[C@H](Cc1cnc[nH]1)NC(=O)[C@H](CC(C)C)NC(=O)[C@H](CC(C)C)NC(=O)[C@@H](N)CC(=O)O)C(=O)N[C@@H](C)C(=O)N[C@@H](Cc1ccccc1)C(=O)N[C@@H](CO)C(=O)N[C@@H](CCCCN)C(=O)N[C@@H](CO)C(=O)N[C@@H](CS)C(=O)N[C@@H](CO)C(=O)N[C@@H](CC(C)C)C(=O)N1CCC[C@H]1C(=O)O. The van der Waals surface area contributed by atoms with Crippen LogP contribution in [-0.4, -0.2) is 264 Å². The lowest BCUT2D eigenvalue weighted by molar-refractivity contribution is -0.149. The van der Waals surface area contributed by atoms with Gasteiger partial charge < -0.3 is 116 Å². The van der Waals surface area contributed by atoms with Crippen LogP contribution >= 0.6 is 12.6 Å². The lowest BCUT2D eigenvalue weighted by Crippen LogP contribution is -2.62. The number of rotatable bonds is 52. The summed E-state index contributed by atoms with van der Waals surface area (Å²) >= 11 is 4.15. The number of nitrogens with two attached hydrogens (primary N) is 2. The van der Waals surface area contributed by atoms with E-state index in [-0.39, 0.29) is 107 Å². The number of aromatic nitrogens is 2. The number of nitrogens with zero attached hydrogens (tertiary/aromatic N) is 2. The first kappa shape index (κ1) is 99.3. The number of unbranched alkanes of at least 4 members (excludes halogenated alkanes) is 1. The lowest BCUT2D eigenvalue weighted by atomic mass is 9.98. The number of amides is 14. The Balaban J connectivity index is 1.83. The molecule has 0 spiro atoms. The van der Waals surface area contributed by atoms with Gasteiger partial charge in [-0.1, -0.05) is 99.6 Å². The van der Waals surface area contributed by atoms with Gasteiger partial charge in [0.1, 0.15) is 84.6 Å². The molecular weight excluding hydrogens is 1520 g/mol. The van der Waals surface area contributed by atoms with Gasteiger partial charge in [0.2, 0.25) is 82.7 Å². The second kappa shape index (κ2) is 50.4. The molecule has 1 aromatic heterocycles. The number of carboxylic acids is 2. The molecule has 644 valence electrons. The number of hydrogen-bond donors (Lipinski definition) is 22. The van der Waals surface area contributed by atoms with Crippen molar-refractivity contribution in [1.29, 1.82) is 0 Å². The third-order valence-electron chi connectivity index (χ3n) is 18.4. The molecule has 115 heavy (non-hydrogen) atoms. The van der Waals surface area contributed by atoms with Crippen LogP contribution in [0.25, 0.3) is 0 Å². The Bertz CT molecular complexity index is 3560. The molecule has 1 fully saturated rings. The summed E-state index contributed by atoms with van der Waals surface area (Å²) in [4.78, 5) is 227. The highest BCUT2D eigenvalue weighted by atomic mass is 32.1. The number of imidazole rings is 1. The number of hydrogen-bond acceptors (Lipinski definition) is 23. The number of aliphatic carboxylic acids is 2. The van der Waals surface area contributed by atoms with E-state index in [1.807, 2.05) is 0 Å². The number of thiol groups is 1. The normalized spacial score (nSPS) is 16.4. The molecule has 40 heteroatoms. The van der Waals surface area contributed by atoms with Crippen molar-refractivity contribution in [3.05, 3.63) is 54.1 Å². The molecule has 23 N–H and O–H groups in total. The number of H-pyrrole nitrogens is 1. The Morgan fingerprint density at radius 2 is 0.817 bits per heavy atom. The first-order chi connectivity index (χ1) is 54.2. The summed E-state index contributed by atoms with van der Waals surface area (Å²) < 4.78 is 0. The van der Waals surface area contributed by atoms with E-state index in [1.54, 1.807) is 99.6 Å². The van der Waals surface area contributed by atoms with Gasteiger partial charge in [-0.2, -0.15) is 12.6 Å². The van der Waals surface area contributed by atoms with Gasteiger partial charge in [0.25, 0.3) is 0 Å². The molecule has 1 aromatic carbocycles. The molecule has 0 bridgehead atoms. The molecule has 1 saturated heterocycles. The quantitative estimate of drug-likeness (QED) is 0.0220. The second-order valence-corrected chi connectivity index (χ2v) is 31.2. The molecule has 1 aliphatic heterocycles. The van der Waals surface area contributed by atoms with Crippen LogP contribution < -0.4 is 80.6 Å². The maximum absolute atomic E-state index is 14.6. The summed E-state index contributed by atoms with van der Waals surface area (Å²) in [7, 11) is 0. The molecular formula is C75H122N18O21S. The average Bonchev–Trinajstić information content (AvgIpc) is 1.74. The summed E-state index contributed by atoms with van der Waals surface area (Å²) in [5.74, 6) is -17.3. The largest absolute Gasteiger partial charge is 0.481 e. The molecule has 2 heterocycles. The summed E-state index contributed by atoms with van der Waals surface area (Å²) in [5.41, 5.74) is 12.4. The Labute approximate surface area is 674 Å². The van der Waals surface area contributed by atoms with Crippen LogP contribution in [0.3, 0.4) is 0 Å². The lowest BCUT2D eigenvalue weighted by Gasteiger charge is -2.29. The molecule has 1 aliphatic rings. The summed E-state index contributed by atoms with van der Waals surface area (Å²) in [6.45, 7) is 16.1. The Hall–Kier alpha value is -9.90. The van der Waals surface area contributed by atoms with Crippen molar-refractivity contribution >= 4 is 107 Å². The number of carboxylic acid groups (broad SMARTS) is 2. The Morgan fingerprint density at radius 3 is 1.23 bits per heavy atom. The van der Waals surface area contributed by atoms with Gasteiger partial charge in [0.15, 0.2) is 0 Å². The molecule has 0 unspecified atom stereocenters. The highest BCUT2D eigenvalue weighted by Crippen LogP contribution is 2.22. The number of carbonyl (C=O) groups is 16. The standard InChI is InChI=1S/C75H122N18O21S/c1-38(2)24-48(84-66(104)50(26-40(5)6)86-69(107)53(30-45-32-78-37-79-45)87-67(105)51(27-41(7)8)85-65(103)49(25-39(3)4)83-62(100)46(77)31-60(97)98)64(102)80-43(11)61(99)82-52(29-44-18-13-12-14-19-44)68(106)90-55(33-94)70(108)81-47(20-15-16-22-76)63(101)89-57(35-96)72(110)92-58(36-115)73(111)91-56(34-95)71(109)88-54(28-42(9)10)74(112)93-23-17-21-59(93)75(113)114/h12-14,18-19,32,37-43,46-59,94-96,115H,15-17,20-31,33-36,76-77H2,1-11H3,(H,78,79)(H,80,102)(H,81,108)(H,82,99)(H,83,100)(H,84,104)(H,85,103)(H,86,107)(H,87,105)(H,88,109)(H,89,101)(H,90,106)(H,91,111)(H,92,110)(H,97,98)(H,113,114)/t43-,46-,47-,48-,49-,50-,51-,52-,53-,54-,55-,56-,57-,58-,59-/m0/s1. The predicted octanol–water partition coefficient (Wildman–Crippen LogP) is -4.34. The second-order valence-electron chi connectivity index (χ2n) is 30.8. The third-order valence-corrected chi connectivity index (χ3v) is 18.7. The number of nitrogens with one attached hydrogen (secondary N) is 14. The highest BCUT2D eigenvalue weighted by molar-refractivity contribution is 7.80. The first-order valence-corrected chi connectivity index (χ1v) is 39.4. The Morgan fingerprint density at radius 1 is 0.461 bits per heavy atom. The molecule has 0 saturated carbocycles. The van der Waals surface area contributed by atoms with Crippen LogP contribution in [0.5, 0.6) is 0 Å². The summed E-state index contributed by atoms with van der Waals surface area (Å²) in [6, 6.07) is -13.8. The van der Waals surface area contributed by atoms with Crippen molar-refractivity contribution < 1.29 is 102 Å². The van der Waals surface area contributed by atoms with Gasteiger partial charge >= 0.3 is 11.9 Å². The highest BCUT2D eigenvalue weighted by Gasteiger charge is 2.41. The van der Waals surface area contributed by atoms with E-state index in [2.05, 4.69) is 91.7 Å². The summed E-state index contributed by atoms with van der Waals surface area (Å²) in [5, 5.41) is 82.9. The van der Waals surface area contributed by atoms with Crippen molar-refractivity contribution in [3.8, 4) is 0 Å². The number of aliphatic hydroxyl groups excluding tert-OH is 3. The maximum atomic E-state index is 14.6. The predicted molar refractivity (Wildman–Crippen MR) is 421 cm³/mol. The van der Waals surface area contributed by atoms with Crippen molar-refractivity contribution in [2.45, 2.75) is 250 Å². The van der Waals surface area contributed by atoms with Crippen LogP contribution in [0, 0.1) is 29.6 Å². The van der Waals surface area contributed by atoms with Crippen LogP contribution in [0.1, 0.15) is 158 Å². The van der Waals surface area contributed by atoms with E-state index in [4.69, 9.17) is 11.5 Å². The van der Waals surface area contributed by atoms with Crippen molar-refractivity contribution in [3.63, 3.8) is 0 Å². The minimum Gasteiger partial charge on any atom is -0.481 e. The van der Waals surface area contributed by atoms with Gasteiger partial charge in [-0.25, -0.2) is 9.78 Å². The number of benzene rings is 1. The fraction of sp³-hybridized carbons (Fsp3) is 0.667. The van der Waals surface area contributed by atoms with Gasteiger partial charge in [-0.3, -0.25) is 71.9 Å². The monoisotopic (exact) mass is 1640 g/mol. The summed E-state index contributed by atoms with van der Waals surface area (Å²) in [6.07, 6.45) is 2.74. The number of aliphatic hydroxyl groups is 3. The van der Waals surface area contributed by atoms with E-state index < -0.39 is 217 Å². The molecule has 3 rings (SSSR count). The van der Waals surface area contributed by atoms with Gasteiger partial charge in [-0.05, 0) is 113 Å². The van der Waals surface area contributed by atoms with Crippen LogP contribution in [0.4, 0.5) is 0 Å². The van der Waals surface area contributed by atoms with Gasteiger partial charge in [0, 0.05) is 37.0 Å². The van der Waals surface area contributed by atoms with Gasteiger partial charge in [-0.15, -0.1) is 0 Å². The van der Waals surface area contributed by atoms with Crippen LogP contribution in [-0.2, 0) is 89.6 Å². The smallest absolute Gasteiger partial charge is 0.326 e. The van der Waals surface area contributed by atoms with Crippen molar-refractivity contribution in [2.24, 2.45) is 41.1 Å². The maximum Gasteiger partial charge on any atom is 0.326 e. The van der Waals surface area contributed by atoms with Crippen LogP contribution in [0.15, 0.2) is 42.9 Å². The van der Waals surface area contributed by atoms with E-state index in [9.17, 15) is 102 Å². The average molecular weight is 1640 g/mol. The fourth-order valence-corrected chi connectivity index (χ4v) is 12.6. The zero-order chi connectivity index (χ0) is 86.5. The fourth-order valence-electron chi connectivity index (χ4n) is 12.4. The molecule has 2 aromatic rings. The van der Waals surface area contributed by atoms with Crippen LogP contribution in [0.2, 0.25) is 0 Å². The zero-order valence-corrected chi connectivity index (χ0v) is 68.2. The Kier molecular flexibility index (Phi) is 43.6. The van der Waals surface area contributed by atoms with Gasteiger partial charge in [0.05, 0.1) is 38.6 Å². The minimum absolute atomic E-state index is 0.000575. The number of carbonyl (C=O) groups excluding carboxylic acids is 14. The molecule has 0 radical (unpaired) electrons. The van der Waals surface area contributed by atoms with Crippen molar-refractivity contribution in [2.75, 3.05) is 38.7 Å². The molecule has 0 aliphatic carbocycles. The zero-order valence-electron chi connectivity index (χ0n) is 67.3. The minimum atomic E-state index is -1.83. The molecule has 14 amide bonds. The number of aromatic amines is 1. The topological polar surface area (TPSA) is 615 Å². The molecule has 15 atom stereocenters. The molecule has 39 nitrogen and oxygen atoms in total. The van der Waals surface area contributed by atoms with E-state index in [0.29, 0.717) is 24.1 Å². The van der Waals surface area contributed by atoms with E-state index in [1.165, 1.54) is 19.4 Å².